The molecule has 0 aliphatic carbocycles. The summed E-state index contributed by atoms with van der Waals surface area (Å²) < 4.78 is 7.54. The van der Waals surface area contributed by atoms with Crippen molar-refractivity contribution in [3.8, 4) is 0 Å². The minimum atomic E-state index is -0.697. The van der Waals surface area contributed by atoms with Gasteiger partial charge in [-0.3, -0.25) is 4.68 Å². The number of rotatable bonds is 3. The second-order valence-electron chi connectivity index (χ2n) is 5.32. The van der Waals surface area contributed by atoms with Crippen molar-refractivity contribution in [2.45, 2.75) is 26.4 Å². The normalized spacial score (nSPS) is 13.0. The fourth-order valence-electron chi connectivity index (χ4n) is 2.61. The highest BCUT2D eigenvalue weighted by Gasteiger charge is 2.18. The molecule has 5 heteroatoms. The van der Waals surface area contributed by atoms with E-state index in [9.17, 15) is 5.11 Å². The molecule has 1 unspecified atom stereocenters. The molecule has 0 fully saturated rings. The van der Waals surface area contributed by atoms with E-state index >= 15 is 0 Å². The van der Waals surface area contributed by atoms with Crippen molar-refractivity contribution in [1.82, 2.24) is 9.78 Å². The summed E-state index contributed by atoms with van der Waals surface area (Å²) in [5.74, 6) is 0.551. The number of hydrogen-bond donors (Lipinski definition) is 1. The molecule has 0 spiro atoms. The molecular formula is C16H17ClN2O2. The van der Waals surface area contributed by atoms with Gasteiger partial charge < -0.3 is 9.52 Å². The third kappa shape index (κ3) is 2.57. The summed E-state index contributed by atoms with van der Waals surface area (Å²) in [6.07, 6.45) is -0.211. The lowest BCUT2D eigenvalue weighted by atomic mass is 10.0. The van der Waals surface area contributed by atoms with Crippen molar-refractivity contribution in [3.63, 3.8) is 0 Å². The van der Waals surface area contributed by atoms with Gasteiger partial charge in [-0.05, 0) is 43.7 Å². The molecule has 0 bridgehead atoms. The minimum Gasteiger partial charge on any atom is -0.458 e. The van der Waals surface area contributed by atoms with Gasteiger partial charge >= 0.3 is 0 Å². The van der Waals surface area contributed by atoms with Gasteiger partial charge in [0, 0.05) is 29.6 Å². The van der Waals surface area contributed by atoms with Crippen LogP contribution in [0.4, 0.5) is 0 Å². The molecule has 0 amide bonds. The summed E-state index contributed by atoms with van der Waals surface area (Å²) in [6, 6.07) is 7.26. The van der Waals surface area contributed by atoms with E-state index < -0.39 is 6.10 Å². The van der Waals surface area contributed by atoms with Gasteiger partial charge in [-0.25, -0.2) is 0 Å². The molecule has 0 radical (unpaired) electrons. The highest BCUT2D eigenvalue weighted by molar-refractivity contribution is 6.31. The summed E-state index contributed by atoms with van der Waals surface area (Å²) in [5.41, 5.74) is 3.79. The minimum absolute atomic E-state index is 0.485. The zero-order chi connectivity index (χ0) is 15.1. The van der Waals surface area contributed by atoms with Crippen LogP contribution in [-0.2, 0) is 13.5 Å². The summed E-state index contributed by atoms with van der Waals surface area (Å²) in [4.78, 5) is 0. The van der Waals surface area contributed by atoms with Crippen LogP contribution < -0.4 is 0 Å². The molecule has 0 aliphatic heterocycles. The number of fused-ring (bicyclic) bond motifs is 1. The highest BCUT2D eigenvalue weighted by atomic mass is 35.5. The lowest BCUT2D eigenvalue weighted by molar-refractivity contribution is 0.152. The Kier molecular flexibility index (Phi) is 3.51. The third-order valence-electron chi connectivity index (χ3n) is 3.88. The topological polar surface area (TPSA) is 51.2 Å². The van der Waals surface area contributed by atoms with Gasteiger partial charge in [0.2, 0.25) is 0 Å². The van der Waals surface area contributed by atoms with E-state index in [4.69, 9.17) is 16.0 Å². The van der Waals surface area contributed by atoms with Crippen LogP contribution in [0.25, 0.3) is 11.0 Å². The van der Waals surface area contributed by atoms with E-state index in [1.54, 1.807) is 6.07 Å². The molecule has 1 aromatic carbocycles. The Hall–Kier alpha value is -1.78. The van der Waals surface area contributed by atoms with Crippen molar-refractivity contribution >= 4 is 22.6 Å². The third-order valence-corrected chi connectivity index (χ3v) is 4.12. The molecule has 0 aliphatic rings. The Morgan fingerprint density at radius 2 is 2.10 bits per heavy atom. The Bertz CT molecular complexity index is 804. The molecule has 0 saturated carbocycles. The fraction of sp³-hybridized carbons (Fsp3) is 0.312. The van der Waals surface area contributed by atoms with Crippen molar-refractivity contribution in [2.75, 3.05) is 0 Å². The first-order valence-corrected chi connectivity index (χ1v) is 7.19. The zero-order valence-corrected chi connectivity index (χ0v) is 13.0. The summed E-state index contributed by atoms with van der Waals surface area (Å²) in [6.45, 7) is 3.95. The summed E-state index contributed by atoms with van der Waals surface area (Å²) in [7, 11) is 1.90. The average Bonchev–Trinajstić information content (AvgIpc) is 2.95. The molecular weight excluding hydrogens is 288 g/mol. The maximum atomic E-state index is 10.4. The van der Waals surface area contributed by atoms with Crippen LogP contribution in [0, 0.1) is 13.8 Å². The Morgan fingerprint density at radius 1 is 1.33 bits per heavy atom. The second-order valence-corrected chi connectivity index (χ2v) is 5.76. The molecule has 21 heavy (non-hydrogen) atoms. The number of aliphatic hydroxyl groups is 1. The fourth-order valence-corrected chi connectivity index (χ4v) is 2.79. The van der Waals surface area contributed by atoms with E-state index in [2.05, 4.69) is 5.10 Å². The predicted molar refractivity (Wildman–Crippen MR) is 82.6 cm³/mol. The average molecular weight is 305 g/mol. The first-order chi connectivity index (χ1) is 9.95. The number of aryl methyl sites for hydroxylation is 2. The van der Waals surface area contributed by atoms with E-state index in [0.29, 0.717) is 17.2 Å². The van der Waals surface area contributed by atoms with Gasteiger partial charge in [-0.2, -0.15) is 5.10 Å². The van der Waals surface area contributed by atoms with E-state index in [1.165, 1.54) is 0 Å². The van der Waals surface area contributed by atoms with Crippen molar-refractivity contribution in [3.05, 3.63) is 52.0 Å². The monoisotopic (exact) mass is 304 g/mol. The number of nitrogens with zero attached hydrogens (tertiary/aromatic N) is 2. The molecule has 4 nitrogen and oxygen atoms in total. The number of furan rings is 1. The number of aliphatic hydroxyl groups excluding tert-OH is 1. The smallest absolute Gasteiger partial charge is 0.134 e. The van der Waals surface area contributed by atoms with E-state index in [-0.39, 0.29) is 0 Å². The largest absolute Gasteiger partial charge is 0.458 e. The van der Waals surface area contributed by atoms with Crippen molar-refractivity contribution < 1.29 is 9.52 Å². The maximum absolute atomic E-state index is 10.4. The van der Waals surface area contributed by atoms with Crippen LogP contribution in [0.2, 0.25) is 5.02 Å². The molecule has 2 heterocycles. The van der Waals surface area contributed by atoms with Crippen LogP contribution in [0.5, 0.6) is 0 Å². The molecule has 2 aromatic heterocycles. The molecule has 3 rings (SSSR count). The first-order valence-electron chi connectivity index (χ1n) is 6.82. The molecule has 3 aromatic rings. The van der Waals surface area contributed by atoms with Gasteiger partial charge in [-0.1, -0.05) is 11.6 Å². The standard InChI is InChI=1S/C16H17ClN2O2/c1-9-13(10(2)19(3)18-9)8-14(20)16-7-11-6-12(17)4-5-15(11)21-16/h4-7,14,20H,8H2,1-3H3. The zero-order valence-electron chi connectivity index (χ0n) is 12.2. The Morgan fingerprint density at radius 3 is 2.76 bits per heavy atom. The number of aromatic nitrogens is 2. The van der Waals surface area contributed by atoms with Gasteiger partial charge in [0.25, 0.3) is 0 Å². The molecule has 0 saturated heterocycles. The number of halogens is 1. The van der Waals surface area contributed by atoms with Crippen LogP contribution in [0.1, 0.15) is 28.8 Å². The van der Waals surface area contributed by atoms with Crippen molar-refractivity contribution in [1.29, 1.82) is 0 Å². The van der Waals surface area contributed by atoms with Gasteiger partial charge in [0.1, 0.15) is 17.4 Å². The van der Waals surface area contributed by atoms with E-state index in [1.807, 2.05) is 43.8 Å². The predicted octanol–water partition coefficient (Wildman–Crippen LogP) is 3.71. The SMILES string of the molecule is Cc1nn(C)c(C)c1CC(O)c1cc2cc(Cl)ccc2o1. The van der Waals surface area contributed by atoms with Gasteiger partial charge in [0.05, 0.1) is 5.69 Å². The van der Waals surface area contributed by atoms with Crippen molar-refractivity contribution in [2.24, 2.45) is 7.05 Å². The Labute approximate surface area is 127 Å². The Balaban J connectivity index is 1.91. The second kappa shape index (κ2) is 5.20. The van der Waals surface area contributed by atoms with Gasteiger partial charge in [0.15, 0.2) is 0 Å². The molecule has 1 atom stereocenters. The van der Waals surface area contributed by atoms with Crippen LogP contribution in [0.3, 0.4) is 0 Å². The summed E-state index contributed by atoms with van der Waals surface area (Å²) in [5, 5.41) is 16.4. The first kappa shape index (κ1) is 14.2. The maximum Gasteiger partial charge on any atom is 0.134 e. The van der Waals surface area contributed by atoms with Crippen LogP contribution >= 0.6 is 11.6 Å². The lowest BCUT2D eigenvalue weighted by Crippen LogP contribution is -2.03. The summed E-state index contributed by atoms with van der Waals surface area (Å²) >= 11 is 5.97. The lowest BCUT2D eigenvalue weighted by Gasteiger charge is -2.08. The van der Waals surface area contributed by atoms with Crippen LogP contribution in [-0.4, -0.2) is 14.9 Å². The van der Waals surface area contributed by atoms with Crippen LogP contribution in [0.15, 0.2) is 28.7 Å². The highest BCUT2D eigenvalue weighted by Crippen LogP contribution is 2.29. The number of hydrogen-bond acceptors (Lipinski definition) is 3. The molecule has 1 N–H and O–H groups in total. The van der Waals surface area contributed by atoms with Gasteiger partial charge in [-0.15, -0.1) is 0 Å². The van der Waals surface area contributed by atoms with E-state index in [0.717, 1.165) is 27.9 Å². The molecule has 110 valence electrons. The number of benzene rings is 1. The quantitative estimate of drug-likeness (QED) is 0.802.